The summed E-state index contributed by atoms with van der Waals surface area (Å²) in [6.45, 7) is 4.93. The zero-order valence-corrected chi connectivity index (χ0v) is 12.8. The molecular weight excluding hydrogens is 244 g/mol. The van der Waals surface area contributed by atoms with Gasteiger partial charge in [0.05, 0.1) is 0 Å². The molecule has 0 saturated heterocycles. The molecule has 0 radical (unpaired) electrons. The highest BCUT2D eigenvalue weighted by Crippen LogP contribution is 2.63. The standard InChI is InChI=1S/C19H26O/c1-18-9-3-4-16(18)15-6-5-13-12-14(20)7-11-19(13,2)17(15)8-10-18/h3-4,9,13,15,17H,5-8,10-12H2,1-2H3/t13?,15-,17-,18-,19-/m0/s1. The van der Waals surface area contributed by atoms with Crippen LogP contribution in [0.4, 0.5) is 0 Å². The Hall–Kier alpha value is -0.850. The van der Waals surface area contributed by atoms with Gasteiger partial charge in [-0.15, -0.1) is 0 Å². The lowest BCUT2D eigenvalue weighted by Crippen LogP contribution is -2.50. The van der Waals surface area contributed by atoms with E-state index in [0.29, 0.717) is 22.5 Å². The van der Waals surface area contributed by atoms with Crippen molar-refractivity contribution in [3.8, 4) is 0 Å². The number of hydrogen-bond donors (Lipinski definition) is 0. The van der Waals surface area contributed by atoms with Crippen LogP contribution >= 0.6 is 0 Å². The first kappa shape index (κ1) is 12.9. The van der Waals surface area contributed by atoms with E-state index in [4.69, 9.17) is 0 Å². The van der Waals surface area contributed by atoms with Crippen molar-refractivity contribution >= 4 is 5.78 Å². The number of carbonyl (C=O) groups is 1. The van der Waals surface area contributed by atoms with Crippen molar-refractivity contribution in [3.05, 3.63) is 23.8 Å². The number of rotatable bonds is 0. The SMILES string of the molecule is C[C@@]12C=CC=C1[C@@H]1CCC3CC(=O)CC[C@]3(C)[C@H]1CC2. The van der Waals surface area contributed by atoms with E-state index >= 15 is 0 Å². The minimum Gasteiger partial charge on any atom is -0.300 e. The first-order chi connectivity index (χ1) is 9.53. The predicted molar refractivity (Wildman–Crippen MR) is 81.2 cm³/mol. The molecule has 1 unspecified atom stereocenters. The van der Waals surface area contributed by atoms with E-state index in [9.17, 15) is 4.79 Å². The molecule has 20 heavy (non-hydrogen) atoms. The first-order valence-electron chi connectivity index (χ1n) is 8.44. The average Bonchev–Trinajstić information content (AvgIpc) is 2.81. The fourth-order valence-corrected chi connectivity index (χ4v) is 5.97. The number of fused-ring (bicyclic) bond motifs is 5. The van der Waals surface area contributed by atoms with Crippen LogP contribution in [0.2, 0.25) is 0 Å². The third kappa shape index (κ3) is 1.58. The zero-order chi connectivity index (χ0) is 14.0. The van der Waals surface area contributed by atoms with Crippen LogP contribution in [0.15, 0.2) is 23.8 Å². The van der Waals surface area contributed by atoms with Crippen LogP contribution in [0.25, 0.3) is 0 Å². The molecule has 3 saturated carbocycles. The highest BCUT2D eigenvalue weighted by molar-refractivity contribution is 5.79. The smallest absolute Gasteiger partial charge is 0.133 e. The summed E-state index contributed by atoms with van der Waals surface area (Å²) in [5.74, 6) is 2.81. The van der Waals surface area contributed by atoms with Gasteiger partial charge < -0.3 is 0 Å². The van der Waals surface area contributed by atoms with Gasteiger partial charge in [0.1, 0.15) is 5.78 Å². The first-order valence-corrected chi connectivity index (χ1v) is 8.44. The van der Waals surface area contributed by atoms with Crippen molar-refractivity contribution in [2.24, 2.45) is 28.6 Å². The van der Waals surface area contributed by atoms with Gasteiger partial charge in [0.15, 0.2) is 0 Å². The molecule has 4 rings (SSSR count). The molecule has 0 amide bonds. The fraction of sp³-hybridized carbons (Fsp3) is 0.737. The van der Waals surface area contributed by atoms with Crippen LogP contribution in [-0.4, -0.2) is 5.78 Å². The second-order valence-corrected chi connectivity index (χ2v) is 8.17. The molecule has 4 aliphatic rings. The Morgan fingerprint density at radius 2 is 2.00 bits per heavy atom. The van der Waals surface area contributed by atoms with Crippen LogP contribution in [0.1, 0.15) is 58.8 Å². The Kier molecular flexibility index (Phi) is 2.63. The molecule has 0 bridgehead atoms. The van der Waals surface area contributed by atoms with E-state index in [2.05, 4.69) is 32.1 Å². The molecule has 0 aromatic carbocycles. The van der Waals surface area contributed by atoms with Crippen molar-refractivity contribution in [2.75, 3.05) is 0 Å². The average molecular weight is 270 g/mol. The predicted octanol–water partition coefficient (Wildman–Crippen LogP) is 4.68. The summed E-state index contributed by atoms with van der Waals surface area (Å²) in [6, 6.07) is 0. The van der Waals surface area contributed by atoms with Gasteiger partial charge >= 0.3 is 0 Å². The second-order valence-electron chi connectivity index (χ2n) is 8.17. The third-order valence-electron chi connectivity index (χ3n) is 7.28. The second kappa shape index (κ2) is 4.08. The Morgan fingerprint density at radius 1 is 1.15 bits per heavy atom. The molecule has 0 aliphatic heterocycles. The normalized spacial score (nSPS) is 50.2. The maximum Gasteiger partial charge on any atom is 0.133 e. The van der Waals surface area contributed by atoms with Crippen molar-refractivity contribution in [1.82, 2.24) is 0 Å². The number of ketones is 1. The molecule has 4 aliphatic carbocycles. The Balaban J connectivity index is 1.68. The lowest BCUT2D eigenvalue weighted by Gasteiger charge is -2.58. The Morgan fingerprint density at radius 3 is 2.85 bits per heavy atom. The molecule has 0 aromatic heterocycles. The Labute approximate surface area is 122 Å². The molecule has 5 atom stereocenters. The molecule has 0 spiro atoms. The van der Waals surface area contributed by atoms with Gasteiger partial charge in [-0.2, -0.15) is 0 Å². The molecule has 0 aromatic rings. The van der Waals surface area contributed by atoms with Gasteiger partial charge in [-0.1, -0.05) is 37.6 Å². The maximum atomic E-state index is 11.8. The van der Waals surface area contributed by atoms with Crippen LogP contribution in [-0.2, 0) is 4.79 Å². The number of Topliss-reactive ketones (excluding diaryl/α,β-unsaturated/α-hetero) is 1. The summed E-state index contributed by atoms with van der Waals surface area (Å²) < 4.78 is 0. The molecular formula is C19H26O. The van der Waals surface area contributed by atoms with Crippen molar-refractivity contribution in [3.63, 3.8) is 0 Å². The van der Waals surface area contributed by atoms with Gasteiger partial charge in [0.2, 0.25) is 0 Å². The zero-order valence-electron chi connectivity index (χ0n) is 12.8. The molecule has 108 valence electrons. The van der Waals surface area contributed by atoms with Gasteiger partial charge in [-0.3, -0.25) is 4.79 Å². The van der Waals surface area contributed by atoms with E-state index < -0.39 is 0 Å². The summed E-state index contributed by atoms with van der Waals surface area (Å²) in [7, 11) is 0. The molecule has 1 heteroatoms. The van der Waals surface area contributed by atoms with Crippen LogP contribution in [0, 0.1) is 28.6 Å². The minimum atomic E-state index is 0.356. The van der Waals surface area contributed by atoms with Crippen LogP contribution in [0.3, 0.4) is 0 Å². The lowest BCUT2D eigenvalue weighted by atomic mass is 9.46. The van der Waals surface area contributed by atoms with E-state index in [-0.39, 0.29) is 0 Å². The molecule has 0 N–H and O–H groups in total. The van der Waals surface area contributed by atoms with Crippen molar-refractivity contribution in [1.29, 1.82) is 0 Å². The summed E-state index contributed by atoms with van der Waals surface area (Å²) in [5.41, 5.74) is 2.50. The third-order valence-corrected chi connectivity index (χ3v) is 7.28. The van der Waals surface area contributed by atoms with E-state index in [1.54, 1.807) is 5.57 Å². The quantitative estimate of drug-likeness (QED) is 0.624. The summed E-state index contributed by atoms with van der Waals surface area (Å²) in [6.07, 6.45) is 15.3. The molecule has 3 fully saturated rings. The summed E-state index contributed by atoms with van der Waals surface area (Å²) in [5, 5.41) is 0. The highest BCUT2D eigenvalue weighted by Gasteiger charge is 2.54. The monoisotopic (exact) mass is 270 g/mol. The van der Waals surface area contributed by atoms with Crippen molar-refractivity contribution < 1.29 is 4.79 Å². The maximum absolute atomic E-state index is 11.8. The van der Waals surface area contributed by atoms with E-state index in [0.717, 1.165) is 31.1 Å². The fourth-order valence-electron chi connectivity index (χ4n) is 5.97. The van der Waals surface area contributed by atoms with Crippen LogP contribution in [0.5, 0.6) is 0 Å². The minimum absolute atomic E-state index is 0.356. The number of allylic oxidation sites excluding steroid dienone is 4. The van der Waals surface area contributed by atoms with Gasteiger partial charge in [-0.05, 0) is 55.3 Å². The van der Waals surface area contributed by atoms with Gasteiger partial charge in [0.25, 0.3) is 0 Å². The van der Waals surface area contributed by atoms with Gasteiger partial charge in [-0.25, -0.2) is 0 Å². The van der Waals surface area contributed by atoms with E-state index in [1.165, 1.54) is 25.7 Å². The molecule has 1 nitrogen and oxygen atoms in total. The number of carbonyl (C=O) groups excluding carboxylic acids is 1. The summed E-state index contributed by atoms with van der Waals surface area (Å²) >= 11 is 0. The van der Waals surface area contributed by atoms with Crippen LogP contribution < -0.4 is 0 Å². The largest absolute Gasteiger partial charge is 0.300 e. The lowest BCUT2D eigenvalue weighted by molar-refractivity contribution is -0.130. The highest BCUT2D eigenvalue weighted by atomic mass is 16.1. The van der Waals surface area contributed by atoms with Crippen molar-refractivity contribution in [2.45, 2.75) is 58.8 Å². The topological polar surface area (TPSA) is 17.1 Å². The summed E-state index contributed by atoms with van der Waals surface area (Å²) in [4.78, 5) is 11.8. The van der Waals surface area contributed by atoms with Gasteiger partial charge in [0, 0.05) is 18.3 Å². The Bertz CT molecular complexity index is 514. The molecule has 0 heterocycles. The van der Waals surface area contributed by atoms with E-state index in [1.807, 2.05) is 0 Å². The number of hydrogen-bond acceptors (Lipinski definition) is 1.